The molecule has 1 unspecified atom stereocenters. The molecule has 0 aromatic heterocycles. The number of hydrogen-bond acceptors (Lipinski definition) is 4. The topological polar surface area (TPSA) is 89.7 Å². The maximum absolute atomic E-state index is 11.9. The van der Waals surface area contributed by atoms with Gasteiger partial charge in [0.15, 0.2) is 0 Å². The number of amides is 3. The summed E-state index contributed by atoms with van der Waals surface area (Å²) in [5, 5.41) is 0. The van der Waals surface area contributed by atoms with Crippen LogP contribution in [0.1, 0.15) is 47.0 Å². The molecule has 6 heteroatoms. The van der Waals surface area contributed by atoms with Crippen LogP contribution in [0.15, 0.2) is 0 Å². The Balaban J connectivity index is 1.76. The van der Waals surface area contributed by atoms with E-state index in [2.05, 4.69) is 0 Å². The van der Waals surface area contributed by atoms with E-state index in [1.54, 1.807) is 13.8 Å². The van der Waals surface area contributed by atoms with Gasteiger partial charge in [0.1, 0.15) is 0 Å². The van der Waals surface area contributed by atoms with Crippen molar-refractivity contribution in [3.05, 3.63) is 0 Å². The molecule has 3 amide bonds. The molecule has 0 radical (unpaired) electrons. The second kappa shape index (κ2) is 5.65. The van der Waals surface area contributed by atoms with Crippen molar-refractivity contribution in [1.82, 2.24) is 4.90 Å². The van der Waals surface area contributed by atoms with Crippen molar-refractivity contribution in [3.63, 3.8) is 0 Å². The molecule has 1 saturated carbocycles. The molecular formula is C16H26N2O4. The van der Waals surface area contributed by atoms with Crippen LogP contribution in [0, 0.1) is 17.3 Å². The Morgan fingerprint density at radius 3 is 2.23 bits per heavy atom. The van der Waals surface area contributed by atoms with Gasteiger partial charge >= 0.3 is 0 Å². The van der Waals surface area contributed by atoms with Crippen LogP contribution >= 0.6 is 0 Å². The Bertz CT molecular complexity index is 478. The van der Waals surface area contributed by atoms with Gasteiger partial charge < -0.3 is 10.5 Å². The number of ether oxygens (including phenoxy) is 1. The van der Waals surface area contributed by atoms with Crippen LogP contribution < -0.4 is 5.73 Å². The predicted octanol–water partition coefficient (Wildman–Crippen LogP) is 1.08. The first-order chi connectivity index (χ1) is 10.1. The predicted molar refractivity (Wildman–Crippen MR) is 80.6 cm³/mol. The number of fused-ring (bicyclic) bond motifs is 1. The van der Waals surface area contributed by atoms with Crippen molar-refractivity contribution in [1.29, 1.82) is 0 Å². The van der Waals surface area contributed by atoms with Gasteiger partial charge in [-0.15, -0.1) is 0 Å². The number of nitrogens with two attached hydrogens (primary N) is 1. The smallest absolute Gasteiger partial charge is 0.233 e. The van der Waals surface area contributed by atoms with Gasteiger partial charge in [-0.2, -0.15) is 0 Å². The van der Waals surface area contributed by atoms with E-state index in [-0.39, 0.29) is 29.6 Å². The standard InChI is InChI=1S/C16H26N2O4/c1-15(2,14(17)21)6-8-22-16(3,4)5-7-18-12(19)10-9-11(10)13(18)20/h10-11H,5-9H2,1-4H3,(H2,17,21)/t10-,11?/m0/s1. The van der Waals surface area contributed by atoms with Crippen molar-refractivity contribution in [2.45, 2.75) is 52.6 Å². The van der Waals surface area contributed by atoms with Gasteiger partial charge in [-0.05, 0) is 33.1 Å². The Kier molecular flexibility index (Phi) is 4.35. The summed E-state index contributed by atoms with van der Waals surface area (Å²) in [5.41, 5.74) is 4.28. The summed E-state index contributed by atoms with van der Waals surface area (Å²) in [6, 6.07) is 0. The molecule has 124 valence electrons. The van der Waals surface area contributed by atoms with Gasteiger partial charge in [-0.25, -0.2) is 0 Å². The fraction of sp³-hybridized carbons (Fsp3) is 0.812. The van der Waals surface area contributed by atoms with Gasteiger partial charge in [0, 0.05) is 18.6 Å². The van der Waals surface area contributed by atoms with E-state index in [4.69, 9.17) is 10.5 Å². The Morgan fingerprint density at radius 1 is 1.18 bits per heavy atom. The third-order valence-electron chi connectivity index (χ3n) is 4.78. The van der Waals surface area contributed by atoms with Crippen LogP contribution in [0.2, 0.25) is 0 Å². The molecule has 22 heavy (non-hydrogen) atoms. The number of primary amides is 1. The van der Waals surface area contributed by atoms with Gasteiger partial charge in [0.25, 0.3) is 0 Å². The van der Waals surface area contributed by atoms with Gasteiger partial charge in [0.2, 0.25) is 17.7 Å². The molecule has 0 aromatic carbocycles. The minimum Gasteiger partial charge on any atom is -0.375 e. The zero-order valence-electron chi connectivity index (χ0n) is 13.8. The van der Waals surface area contributed by atoms with Crippen molar-refractivity contribution >= 4 is 17.7 Å². The van der Waals surface area contributed by atoms with E-state index in [0.717, 1.165) is 6.42 Å². The van der Waals surface area contributed by atoms with Crippen molar-refractivity contribution in [3.8, 4) is 0 Å². The Labute approximate surface area is 131 Å². The van der Waals surface area contributed by atoms with E-state index in [1.165, 1.54) is 4.90 Å². The minimum atomic E-state index is -0.599. The van der Waals surface area contributed by atoms with Crippen molar-refractivity contribution < 1.29 is 19.1 Å². The van der Waals surface area contributed by atoms with Gasteiger partial charge in [-0.3, -0.25) is 19.3 Å². The van der Waals surface area contributed by atoms with Crippen molar-refractivity contribution in [2.24, 2.45) is 23.0 Å². The van der Waals surface area contributed by atoms with E-state index in [0.29, 0.717) is 26.0 Å². The number of rotatable bonds is 8. The molecule has 2 N–H and O–H groups in total. The molecule has 0 bridgehead atoms. The molecule has 0 spiro atoms. The molecule has 2 rings (SSSR count). The normalized spacial score (nSPS) is 24.6. The second-order valence-electron chi connectivity index (χ2n) is 7.63. The number of carbonyl (C=O) groups excluding carboxylic acids is 3. The molecular weight excluding hydrogens is 284 g/mol. The summed E-state index contributed by atoms with van der Waals surface area (Å²) in [4.78, 5) is 36.5. The molecule has 2 atom stereocenters. The van der Waals surface area contributed by atoms with Gasteiger partial charge in [-0.1, -0.05) is 13.8 Å². The second-order valence-corrected chi connectivity index (χ2v) is 7.63. The Hall–Kier alpha value is -1.43. The van der Waals surface area contributed by atoms with E-state index in [1.807, 2.05) is 13.8 Å². The molecule has 1 heterocycles. The fourth-order valence-electron chi connectivity index (χ4n) is 2.63. The molecule has 0 aromatic rings. The quantitative estimate of drug-likeness (QED) is 0.679. The fourth-order valence-corrected chi connectivity index (χ4v) is 2.63. The summed E-state index contributed by atoms with van der Waals surface area (Å²) in [5.74, 6) is -0.497. The van der Waals surface area contributed by atoms with E-state index in [9.17, 15) is 14.4 Å². The van der Waals surface area contributed by atoms with Crippen LogP contribution in [-0.2, 0) is 19.1 Å². The molecule has 6 nitrogen and oxygen atoms in total. The number of imide groups is 1. The zero-order valence-corrected chi connectivity index (χ0v) is 13.8. The van der Waals surface area contributed by atoms with Crippen LogP contribution in [0.5, 0.6) is 0 Å². The van der Waals surface area contributed by atoms with E-state index >= 15 is 0 Å². The lowest BCUT2D eigenvalue weighted by Gasteiger charge is -2.29. The highest BCUT2D eigenvalue weighted by Gasteiger charge is 2.58. The molecule has 2 aliphatic rings. The lowest BCUT2D eigenvalue weighted by atomic mass is 9.89. The monoisotopic (exact) mass is 310 g/mol. The summed E-state index contributed by atoms with van der Waals surface area (Å²) in [6.07, 6.45) is 1.86. The lowest BCUT2D eigenvalue weighted by molar-refractivity contribution is -0.142. The highest BCUT2D eigenvalue weighted by molar-refractivity contribution is 6.08. The molecule has 2 fully saturated rings. The summed E-state index contributed by atoms with van der Waals surface area (Å²) >= 11 is 0. The third-order valence-corrected chi connectivity index (χ3v) is 4.78. The number of carbonyl (C=O) groups is 3. The summed E-state index contributed by atoms with van der Waals surface area (Å²) < 4.78 is 5.83. The van der Waals surface area contributed by atoms with Crippen molar-refractivity contribution in [2.75, 3.05) is 13.2 Å². The maximum Gasteiger partial charge on any atom is 0.233 e. The summed E-state index contributed by atoms with van der Waals surface area (Å²) in [6.45, 7) is 8.25. The first-order valence-electron chi connectivity index (χ1n) is 7.84. The lowest BCUT2D eigenvalue weighted by Crippen LogP contribution is -2.39. The van der Waals surface area contributed by atoms with Gasteiger partial charge in [0.05, 0.1) is 17.4 Å². The summed E-state index contributed by atoms with van der Waals surface area (Å²) in [7, 11) is 0. The van der Waals surface area contributed by atoms with Crippen LogP contribution in [0.25, 0.3) is 0 Å². The first kappa shape index (κ1) is 16.9. The van der Waals surface area contributed by atoms with Crippen LogP contribution in [0.3, 0.4) is 0 Å². The third kappa shape index (κ3) is 3.48. The highest BCUT2D eigenvalue weighted by atomic mass is 16.5. The highest BCUT2D eigenvalue weighted by Crippen LogP contribution is 2.47. The van der Waals surface area contributed by atoms with E-state index < -0.39 is 11.0 Å². The minimum absolute atomic E-state index is 0.0272. The molecule has 1 aliphatic carbocycles. The zero-order chi connectivity index (χ0) is 16.7. The Morgan fingerprint density at radius 2 is 1.73 bits per heavy atom. The van der Waals surface area contributed by atoms with Crippen LogP contribution in [-0.4, -0.2) is 41.4 Å². The number of hydrogen-bond donors (Lipinski definition) is 1. The number of nitrogens with zero attached hydrogens (tertiary/aromatic N) is 1. The average Bonchev–Trinajstić information content (AvgIpc) is 3.13. The SMILES string of the molecule is CC(C)(CCN1C(=O)C2C[C@@H]2C1=O)OCCC(C)(C)C(N)=O. The molecule has 1 saturated heterocycles. The number of piperidine rings is 1. The first-order valence-corrected chi connectivity index (χ1v) is 7.84. The number of likely N-dealkylation sites (tertiary alicyclic amines) is 1. The molecule has 1 aliphatic heterocycles. The average molecular weight is 310 g/mol. The largest absolute Gasteiger partial charge is 0.375 e. The van der Waals surface area contributed by atoms with Crippen LogP contribution in [0.4, 0.5) is 0 Å². The maximum atomic E-state index is 11.9.